The van der Waals surface area contributed by atoms with Gasteiger partial charge in [-0.15, -0.1) is 0 Å². The molecule has 1 N–H and O–H groups in total. The Morgan fingerprint density at radius 3 is 1.97 bits per heavy atom. The highest BCUT2D eigenvalue weighted by atomic mass is 79.9. The van der Waals surface area contributed by atoms with Crippen LogP contribution in [-0.4, -0.2) is 12.1 Å². The van der Waals surface area contributed by atoms with E-state index < -0.39 is 0 Å². The topological polar surface area (TPSA) is 41.5 Å². The molecule has 1 aliphatic carbocycles. The maximum absolute atomic E-state index is 12.9. The summed E-state index contributed by atoms with van der Waals surface area (Å²) in [7, 11) is 0. The average molecular weight is 447 g/mol. The summed E-state index contributed by atoms with van der Waals surface area (Å²) in [5.74, 6) is -0.172. The van der Waals surface area contributed by atoms with Crippen molar-refractivity contribution in [2.24, 2.45) is 11.0 Å². The fourth-order valence-corrected chi connectivity index (χ4v) is 4.15. The fraction of sp³-hybridized carbons (Fsp3) is 0.200. The van der Waals surface area contributed by atoms with Gasteiger partial charge in [0.1, 0.15) is 0 Å². The first-order valence-corrected chi connectivity index (χ1v) is 10.5. The van der Waals surface area contributed by atoms with Gasteiger partial charge >= 0.3 is 0 Å². The predicted molar refractivity (Wildman–Crippen MR) is 121 cm³/mol. The maximum Gasteiger partial charge on any atom is 0.244 e. The number of nitrogens with one attached hydrogen (secondary N) is 1. The molecule has 0 aliphatic heterocycles. The molecule has 3 aromatic carbocycles. The molecule has 1 fully saturated rings. The molecule has 1 aliphatic rings. The zero-order valence-corrected chi connectivity index (χ0v) is 18.1. The second kappa shape index (κ2) is 7.96. The van der Waals surface area contributed by atoms with Crippen molar-refractivity contribution in [1.29, 1.82) is 0 Å². The van der Waals surface area contributed by atoms with Crippen molar-refractivity contribution in [3.8, 4) is 0 Å². The standard InChI is InChI=1S/C25H23BrN2O/c1-17-3-9-20(10-4-17)25(21-11-5-18(2)6-12-21)15-23(25)24(29)28-27-16-19-7-13-22(26)14-8-19/h3-14,16,23H,15H2,1-2H3,(H,28,29)/b27-16-/t23-/m0/s1. The Balaban J connectivity index is 1.56. The van der Waals surface area contributed by atoms with Gasteiger partial charge in [-0.2, -0.15) is 5.10 Å². The van der Waals surface area contributed by atoms with Gasteiger partial charge in [-0.1, -0.05) is 87.7 Å². The van der Waals surface area contributed by atoms with Crippen LogP contribution in [0.15, 0.2) is 82.4 Å². The highest BCUT2D eigenvalue weighted by Crippen LogP contribution is 2.59. The van der Waals surface area contributed by atoms with Crippen LogP contribution in [0.1, 0.15) is 34.2 Å². The fourth-order valence-electron chi connectivity index (χ4n) is 3.88. The number of hydrazone groups is 1. The molecule has 1 atom stereocenters. The summed E-state index contributed by atoms with van der Waals surface area (Å²) in [6.45, 7) is 4.16. The summed E-state index contributed by atoms with van der Waals surface area (Å²) in [4.78, 5) is 12.9. The summed E-state index contributed by atoms with van der Waals surface area (Å²) in [6, 6.07) is 24.8. The predicted octanol–water partition coefficient (Wildman–Crippen LogP) is 5.52. The van der Waals surface area contributed by atoms with Crippen molar-refractivity contribution >= 4 is 28.1 Å². The first-order chi connectivity index (χ1) is 14.0. The van der Waals surface area contributed by atoms with Crippen LogP contribution in [-0.2, 0) is 10.2 Å². The maximum atomic E-state index is 12.9. The highest BCUT2D eigenvalue weighted by molar-refractivity contribution is 9.10. The molecule has 1 saturated carbocycles. The zero-order chi connectivity index (χ0) is 20.4. The molecule has 0 radical (unpaired) electrons. The van der Waals surface area contributed by atoms with E-state index in [1.54, 1.807) is 6.21 Å². The van der Waals surface area contributed by atoms with Crippen LogP contribution >= 0.6 is 15.9 Å². The molecule has 4 rings (SSSR count). The molecule has 0 saturated heterocycles. The Labute approximate surface area is 180 Å². The Morgan fingerprint density at radius 2 is 1.45 bits per heavy atom. The van der Waals surface area contributed by atoms with Gasteiger partial charge < -0.3 is 0 Å². The minimum Gasteiger partial charge on any atom is -0.273 e. The van der Waals surface area contributed by atoms with Crippen molar-refractivity contribution < 1.29 is 4.79 Å². The summed E-state index contributed by atoms with van der Waals surface area (Å²) in [5, 5.41) is 4.17. The molecule has 4 heteroatoms. The second-order valence-corrected chi connectivity index (χ2v) is 8.66. The van der Waals surface area contributed by atoms with E-state index in [0.29, 0.717) is 0 Å². The van der Waals surface area contributed by atoms with E-state index >= 15 is 0 Å². The molecule has 29 heavy (non-hydrogen) atoms. The third kappa shape index (κ3) is 4.03. The molecule has 0 unspecified atom stereocenters. The number of aryl methyl sites for hydroxylation is 2. The van der Waals surface area contributed by atoms with Gasteiger partial charge in [-0.25, -0.2) is 5.43 Å². The number of hydrogen-bond acceptors (Lipinski definition) is 2. The summed E-state index contributed by atoms with van der Waals surface area (Å²) >= 11 is 3.42. The van der Waals surface area contributed by atoms with Gasteiger partial charge in [-0.05, 0) is 49.1 Å². The van der Waals surface area contributed by atoms with Crippen LogP contribution < -0.4 is 5.43 Å². The quantitative estimate of drug-likeness (QED) is 0.406. The molecule has 1 amide bonds. The number of rotatable bonds is 5. The number of carbonyl (C=O) groups excluding carboxylic acids is 1. The minimum absolute atomic E-state index is 0.0421. The summed E-state index contributed by atoms with van der Waals surface area (Å²) in [6.07, 6.45) is 2.46. The van der Waals surface area contributed by atoms with E-state index in [-0.39, 0.29) is 17.2 Å². The van der Waals surface area contributed by atoms with Gasteiger partial charge in [0.05, 0.1) is 12.1 Å². The SMILES string of the molecule is Cc1ccc(C2(c3ccc(C)cc3)C[C@H]2C(=O)N/N=C\c2ccc(Br)cc2)cc1. The number of nitrogens with zero attached hydrogens (tertiary/aromatic N) is 1. The van der Waals surface area contributed by atoms with E-state index in [9.17, 15) is 4.79 Å². The monoisotopic (exact) mass is 446 g/mol. The van der Waals surface area contributed by atoms with Crippen LogP contribution in [0.5, 0.6) is 0 Å². The number of hydrogen-bond donors (Lipinski definition) is 1. The van der Waals surface area contributed by atoms with Crippen LogP contribution in [0.2, 0.25) is 0 Å². The zero-order valence-electron chi connectivity index (χ0n) is 16.5. The molecular formula is C25H23BrN2O. The smallest absolute Gasteiger partial charge is 0.244 e. The summed E-state index contributed by atoms with van der Waals surface area (Å²) in [5.41, 5.74) is 8.20. The van der Waals surface area contributed by atoms with E-state index in [1.165, 1.54) is 22.3 Å². The molecule has 3 nitrogen and oxygen atoms in total. The van der Waals surface area contributed by atoms with Crippen LogP contribution in [0.4, 0.5) is 0 Å². The molecule has 0 spiro atoms. The van der Waals surface area contributed by atoms with Crippen molar-refractivity contribution in [1.82, 2.24) is 5.43 Å². The lowest BCUT2D eigenvalue weighted by Crippen LogP contribution is -2.25. The van der Waals surface area contributed by atoms with Crippen molar-refractivity contribution in [3.05, 3.63) is 105 Å². The highest BCUT2D eigenvalue weighted by Gasteiger charge is 2.60. The summed E-state index contributed by atoms with van der Waals surface area (Å²) < 4.78 is 1.01. The molecule has 0 bridgehead atoms. The number of benzene rings is 3. The molecular weight excluding hydrogens is 424 g/mol. The van der Waals surface area contributed by atoms with Crippen LogP contribution in [0.3, 0.4) is 0 Å². The van der Waals surface area contributed by atoms with Gasteiger partial charge in [-0.3, -0.25) is 4.79 Å². The lowest BCUT2D eigenvalue weighted by molar-refractivity contribution is -0.122. The molecule has 3 aromatic rings. The first-order valence-electron chi connectivity index (χ1n) is 9.72. The Kier molecular flexibility index (Phi) is 5.37. The first kappa shape index (κ1) is 19.6. The van der Waals surface area contributed by atoms with Crippen LogP contribution in [0, 0.1) is 19.8 Å². The number of amides is 1. The van der Waals surface area contributed by atoms with Gasteiger partial charge in [0.2, 0.25) is 5.91 Å². The van der Waals surface area contributed by atoms with Gasteiger partial charge in [0, 0.05) is 9.89 Å². The van der Waals surface area contributed by atoms with Crippen molar-refractivity contribution in [3.63, 3.8) is 0 Å². The van der Waals surface area contributed by atoms with E-state index in [2.05, 4.69) is 88.8 Å². The third-order valence-corrected chi connectivity index (χ3v) is 6.20. The minimum atomic E-state index is -0.279. The Hall–Kier alpha value is -2.72. The lowest BCUT2D eigenvalue weighted by Gasteiger charge is -2.19. The van der Waals surface area contributed by atoms with Gasteiger partial charge in [0.25, 0.3) is 0 Å². The normalized spacial score (nSPS) is 17.3. The van der Waals surface area contributed by atoms with Crippen molar-refractivity contribution in [2.75, 3.05) is 0 Å². The number of carbonyl (C=O) groups is 1. The van der Waals surface area contributed by atoms with Crippen LogP contribution in [0.25, 0.3) is 0 Å². The Morgan fingerprint density at radius 1 is 0.931 bits per heavy atom. The van der Waals surface area contributed by atoms with E-state index in [1.807, 2.05) is 24.3 Å². The average Bonchev–Trinajstić information content (AvgIpc) is 3.47. The number of halogens is 1. The van der Waals surface area contributed by atoms with Crippen molar-refractivity contribution in [2.45, 2.75) is 25.7 Å². The second-order valence-electron chi connectivity index (χ2n) is 7.75. The largest absolute Gasteiger partial charge is 0.273 e. The van der Waals surface area contributed by atoms with Gasteiger partial charge in [0.15, 0.2) is 0 Å². The van der Waals surface area contributed by atoms with E-state index in [4.69, 9.17) is 0 Å². The Bertz CT molecular complexity index is 992. The molecule has 0 heterocycles. The molecule has 146 valence electrons. The lowest BCUT2D eigenvalue weighted by atomic mass is 9.85. The molecule has 0 aromatic heterocycles. The third-order valence-electron chi connectivity index (χ3n) is 5.67. The van der Waals surface area contributed by atoms with E-state index in [0.717, 1.165) is 16.5 Å².